The third kappa shape index (κ3) is 3.47. The zero-order chi connectivity index (χ0) is 19.7. The van der Waals surface area contributed by atoms with Gasteiger partial charge >= 0.3 is 0 Å². The van der Waals surface area contributed by atoms with Crippen LogP contribution in [-0.2, 0) is 14.4 Å². The van der Waals surface area contributed by atoms with E-state index in [9.17, 15) is 24.5 Å². The van der Waals surface area contributed by atoms with Crippen molar-refractivity contribution in [1.82, 2.24) is 4.90 Å². The Hall–Kier alpha value is -3.01. The Balaban J connectivity index is 1.81. The number of likely N-dealkylation sites (tertiary alicyclic amines) is 1. The first-order valence-electron chi connectivity index (χ1n) is 8.56. The summed E-state index contributed by atoms with van der Waals surface area (Å²) in [5.41, 5.74) is 5.32. The summed E-state index contributed by atoms with van der Waals surface area (Å²) >= 11 is 0. The van der Waals surface area contributed by atoms with Crippen LogP contribution in [0.15, 0.2) is 18.2 Å². The molecule has 2 N–H and O–H groups in total. The van der Waals surface area contributed by atoms with Gasteiger partial charge in [0.2, 0.25) is 11.8 Å². The minimum Gasteiger partial charge on any atom is -0.494 e. The maximum Gasteiger partial charge on any atom is 0.273 e. The molecule has 1 unspecified atom stereocenters. The van der Waals surface area contributed by atoms with Crippen LogP contribution < -0.4 is 15.4 Å². The predicted octanol–water partition coefficient (Wildman–Crippen LogP) is 0.433. The lowest BCUT2D eigenvalue weighted by Crippen LogP contribution is -2.47. The van der Waals surface area contributed by atoms with Crippen LogP contribution in [0.4, 0.5) is 11.4 Å². The fourth-order valence-electron chi connectivity index (χ4n) is 3.61. The molecule has 10 nitrogen and oxygen atoms in total. The number of benzene rings is 1. The lowest BCUT2D eigenvalue weighted by Gasteiger charge is -2.33. The van der Waals surface area contributed by atoms with Crippen LogP contribution in [-0.4, -0.2) is 53.8 Å². The standard InChI is InChI=1S/C17H20N4O6/c1-27-14-8-11(21(25)26)2-3-12(14)20-15(22)9-13(17(20)24)19-6-4-10(5-7-19)16(18)23/h2-3,8,10,13H,4-7,9H2,1H3,(H2,18,23). The molecule has 2 aliphatic rings. The second-order valence-electron chi connectivity index (χ2n) is 6.61. The van der Waals surface area contributed by atoms with E-state index in [-0.39, 0.29) is 35.4 Å². The molecule has 27 heavy (non-hydrogen) atoms. The fourth-order valence-corrected chi connectivity index (χ4v) is 3.61. The summed E-state index contributed by atoms with van der Waals surface area (Å²) in [7, 11) is 1.32. The average molecular weight is 376 g/mol. The van der Waals surface area contributed by atoms with Gasteiger partial charge in [0.1, 0.15) is 5.75 Å². The number of amides is 3. The van der Waals surface area contributed by atoms with Gasteiger partial charge in [-0.2, -0.15) is 0 Å². The molecule has 1 aromatic rings. The number of primary amides is 1. The number of non-ortho nitro benzene ring substituents is 1. The average Bonchev–Trinajstić information content (AvgIpc) is 2.95. The van der Waals surface area contributed by atoms with E-state index in [2.05, 4.69) is 0 Å². The van der Waals surface area contributed by atoms with E-state index < -0.39 is 22.8 Å². The number of hydrogen-bond acceptors (Lipinski definition) is 7. The summed E-state index contributed by atoms with van der Waals surface area (Å²) in [6.45, 7) is 1.01. The first kappa shape index (κ1) is 18.8. The van der Waals surface area contributed by atoms with Crippen LogP contribution in [0.25, 0.3) is 0 Å². The molecule has 0 saturated carbocycles. The minimum absolute atomic E-state index is 0.0141. The second kappa shape index (κ2) is 7.31. The number of nitro benzene ring substituents is 1. The van der Waals surface area contributed by atoms with Crippen molar-refractivity contribution in [1.29, 1.82) is 0 Å². The summed E-state index contributed by atoms with van der Waals surface area (Å²) in [6.07, 6.45) is 1.11. The number of carbonyl (C=O) groups excluding carboxylic acids is 3. The maximum absolute atomic E-state index is 12.9. The van der Waals surface area contributed by atoms with Gasteiger partial charge in [0.25, 0.3) is 11.6 Å². The Morgan fingerprint density at radius 2 is 1.96 bits per heavy atom. The molecule has 3 amide bonds. The number of methoxy groups -OCH3 is 1. The number of nitro groups is 1. The highest BCUT2D eigenvalue weighted by atomic mass is 16.6. The van der Waals surface area contributed by atoms with Gasteiger partial charge in [0, 0.05) is 12.0 Å². The highest BCUT2D eigenvalue weighted by molar-refractivity contribution is 6.23. The number of nitrogens with two attached hydrogens (primary N) is 1. The fraction of sp³-hybridized carbons (Fsp3) is 0.471. The first-order valence-corrected chi connectivity index (χ1v) is 8.56. The Labute approximate surface area is 155 Å². The van der Waals surface area contributed by atoms with Crippen molar-refractivity contribution < 1.29 is 24.0 Å². The molecule has 0 aliphatic carbocycles. The Morgan fingerprint density at radius 1 is 1.30 bits per heavy atom. The second-order valence-corrected chi connectivity index (χ2v) is 6.61. The molecular formula is C17H20N4O6. The van der Waals surface area contributed by atoms with Crippen molar-refractivity contribution in [3.8, 4) is 5.75 Å². The molecule has 10 heteroatoms. The molecule has 3 rings (SSSR count). The van der Waals surface area contributed by atoms with Crippen molar-refractivity contribution >= 4 is 29.1 Å². The molecule has 0 bridgehead atoms. The highest BCUT2D eigenvalue weighted by Crippen LogP contribution is 2.36. The van der Waals surface area contributed by atoms with Gasteiger partial charge in [0.05, 0.1) is 36.2 Å². The highest BCUT2D eigenvalue weighted by Gasteiger charge is 2.44. The lowest BCUT2D eigenvalue weighted by atomic mass is 9.95. The molecule has 144 valence electrons. The van der Waals surface area contributed by atoms with Gasteiger partial charge in [-0.15, -0.1) is 0 Å². The van der Waals surface area contributed by atoms with Crippen LogP contribution in [0.2, 0.25) is 0 Å². The van der Waals surface area contributed by atoms with Crippen LogP contribution >= 0.6 is 0 Å². The SMILES string of the molecule is COc1cc([N+](=O)[O-])ccc1N1C(=O)CC(N2CCC(C(N)=O)CC2)C1=O. The van der Waals surface area contributed by atoms with Crippen molar-refractivity contribution in [2.75, 3.05) is 25.1 Å². The summed E-state index contributed by atoms with van der Waals surface area (Å²) in [5, 5.41) is 10.9. The van der Waals surface area contributed by atoms with Crippen LogP contribution in [0.1, 0.15) is 19.3 Å². The van der Waals surface area contributed by atoms with Gasteiger partial charge in [0.15, 0.2) is 0 Å². The van der Waals surface area contributed by atoms with E-state index >= 15 is 0 Å². The quantitative estimate of drug-likeness (QED) is 0.447. The predicted molar refractivity (Wildman–Crippen MR) is 94.0 cm³/mol. The molecule has 1 aromatic carbocycles. The zero-order valence-electron chi connectivity index (χ0n) is 14.8. The van der Waals surface area contributed by atoms with Crippen LogP contribution in [0.5, 0.6) is 5.75 Å². The number of carbonyl (C=O) groups is 3. The van der Waals surface area contributed by atoms with Gasteiger partial charge in [-0.3, -0.25) is 29.4 Å². The maximum atomic E-state index is 12.9. The third-order valence-electron chi connectivity index (χ3n) is 5.11. The van der Waals surface area contributed by atoms with Crippen molar-refractivity contribution in [3.05, 3.63) is 28.3 Å². The van der Waals surface area contributed by atoms with Crippen LogP contribution in [0.3, 0.4) is 0 Å². The molecule has 0 spiro atoms. The number of piperidine rings is 1. The number of imide groups is 1. The van der Waals surface area contributed by atoms with E-state index in [1.807, 2.05) is 4.90 Å². The number of ether oxygens (including phenoxy) is 1. The molecule has 2 heterocycles. The minimum atomic E-state index is -0.619. The van der Waals surface area contributed by atoms with Gasteiger partial charge in [-0.05, 0) is 32.0 Å². The van der Waals surface area contributed by atoms with E-state index in [1.54, 1.807) is 0 Å². The molecule has 1 atom stereocenters. The van der Waals surface area contributed by atoms with Gasteiger partial charge in [-0.1, -0.05) is 0 Å². The summed E-state index contributed by atoms with van der Waals surface area (Å²) in [5.74, 6) is -1.27. The van der Waals surface area contributed by atoms with E-state index in [0.717, 1.165) is 4.90 Å². The summed E-state index contributed by atoms with van der Waals surface area (Å²) in [4.78, 5) is 50.0. The van der Waals surface area contributed by atoms with Crippen LogP contribution in [0, 0.1) is 16.0 Å². The number of nitrogens with zero attached hydrogens (tertiary/aromatic N) is 3. The lowest BCUT2D eigenvalue weighted by molar-refractivity contribution is -0.384. The normalized spacial score (nSPS) is 21.5. The molecule has 2 aliphatic heterocycles. The van der Waals surface area contributed by atoms with Crippen molar-refractivity contribution in [3.63, 3.8) is 0 Å². The van der Waals surface area contributed by atoms with E-state index in [0.29, 0.717) is 25.9 Å². The Morgan fingerprint density at radius 3 is 2.52 bits per heavy atom. The zero-order valence-corrected chi connectivity index (χ0v) is 14.8. The summed E-state index contributed by atoms with van der Waals surface area (Å²) in [6, 6.07) is 3.13. The smallest absolute Gasteiger partial charge is 0.273 e. The van der Waals surface area contributed by atoms with Gasteiger partial charge in [-0.25, -0.2) is 4.90 Å². The monoisotopic (exact) mass is 376 g/mol. The number of rotatable bonds is 5. The Kier molecular flexibility index (Phi) is 5.08. The van der Waals surface area contributed by atoms with E-state index in [4.69, 9.17) is 10.5 Å². The van der Waals surface area contributed by atoms with Gasteiger partial charge < -0.3 is 10.5 Å². The molecule has 0 radical (unpaired) electrons. The summed E-state index contributed by atoms with van der Waals surface area (Å²) < 4.78 is 5.15. The molecule has 2 fully saturated rings. The molecule has 2 saturated heterocycles. The Bertz CT molecular complexity index is 803. The largest absolute Gasteiger partial charge is 0.494 e. The van der Waals surface area contributed by atoms with E-state index in [1.165, 1.54) is 25.3 Å². The number of anilines is 1. The van der Waals surface area contributed by atoms with Crippen molar-refractivity contribution in [2.45, 2.75) is 25.3 Å². The number of hydrogen-bond donors (Lipinski definition) is 1. The first-order chi connectivity index (χ1) is 12.8. The topological polar surface area (TPSA) is 136 Å². The molecular weight excluding hydrogens is 356 g/mol. The third-order valence-corrected chi connectivity index (χ3v) is 5.11. The molecule has 0 aromatic heterocycles. The van der Waals surface area contributed by atoms with Crippen molar-refractivity contribution in [2.24, 2.45) is 11.7 Å².